The Kier molecular flexibility index (Phi) is 2.82. The van der Waals surface area contributed by atoms with Crippen LogP contribution in [0.5, 0.6) is 0 Å². The van der Waals surface area contributed by atoms with E-state index in [-0.39, 0.29) is 11.9 Å². The first-order valence-corrected chi connectivity index (χ1v) is 6.86. The van der Waals surface area contributed by atoms with E-state index in [1.165, 1.54) is 12.8 Å². The van der Waals surface area contributed by atoms with Crippen molar-refractivity contribution in [3.63, 3.8) is 0 Å². The lowest BCUT2D eigenvalue weighted by Crippen LogP contribution is -2.34. The van der Waals surface area contributed by atoms with Crippen molar-refractivity contribution >= 4 is 21.8 Å². The van der Waals surface area contributed by atoms with Crippen molar-refractivity contribution in [2.45, 2.75) is 37.8 Å². The molecule has 0 aliphatic heterocycles. The molecule has 0 atom stereocenters. The molecule has 0 radical (unpaired) electrons. The highest BCUT2D eigenvalue weighted by atomic mass is 79.9. The van der Waals surface area contributed by atoms with E-state index in [4.69, 9.17) is 0 Å². The van der Waals surface area contributed by atoms with Gasteiger partial charge in [-0.2, -0.15) is 0 Å². The van der Waals surface area contributed by atoms with Crippen LogP contribution in [0, 0.1) is 0 Å². The van der Waals surface area contributed by atoms with E-state index in [1.807, 2.05) is 12.3 Å². The minimum absolute atomic E-state index is 0.0521. The number of carbonyl (C=O) groups excluding carboxylic acids is 1. The number of nitrogens with one attached hydrogen (secondary N) is 1. The maximum atomic E-state index is 12.2. The Morgan fingerprint density at radius 2 is 2.06 bits per heavy atom. The molecule has 2 aliphatic carbocycles. The second kappa shape index (κ2) is 4.33. The van der Waals surface area contributed by atoms with Crippen molar-refractivity contribution in [3.8, 4) is 0 Å². The van der Waals surface area contributed by atoms with E-state index in [2.05, 4.69) is 38.0 Å². The number of aromatic nitrogens is 1. The summed E-state index contributed by atoms with van der Waals surface area (Å²) in [6, 6.07) is 2.73. The average Bonchev–Trinajstić information content (AvgIpc) is 2.88. The van der Waals surface area contributed by atoms with Crippen molar-refractivity contribution in [2.24, 2.45) is 0 Å². The fourth-order valence-electron chi connectivity index (χ4n) is 2.28. The zero-order valence-corrected chi connectivity index (χ0v) is 11.1. The van der Waals surface area contributed by atoms with Crippen molar-refractivity contribution in [1.29, 1.82) is 0 Å². The van der Waals surface area contributed by atoms with Gasteiger partial charge >= 0.3 is 0 Å². The van der Waals surface area contributed by atoms with Gasteiger partial charge in [0.15, 0.2) is 0 Å². The van der Waals surface area contributed by atoms with Crippen LogP contribution in [-0.2, 0) is 0 Å². The lowest BCUT2D eigenvalue weighted by Gasteiger charge is -2.13. The van der Waals surface area contributed by atoms with Gasteiger partial charge in [-0.1, -0.05) is 12.2 Å². The van der Waals surface area contributed by atoms with Gasteiger partial charge in [0.1, 0.15) is 5.69 Å². The van der Waals surface area contributed by atoms with E-state index in [0.29, 0.717) is 6.04 Å². The largest absolute Gasteiger partial charge is 0.347 e. The molecule has 1 heterocycles. The Balaban J connectivity index is 1.75. The molecular formula is C13H15BrN2O. The highest BCUT2D eigenvalue weighted by Gasteiger charge is 2.28. The smallest absolute Gasteiger partial charge is 0.268 e. The van der Waals surface area contributed by atoms with Crippen molar-refractivity contribution < 1.29 is 4.79 Å². The van der Waals surface area contributed by atoms with Crippen LogP contribution < -0.4 is 5.32 Å². The number of hydrogen-bond acceptors (Lipinski definition) is 1. The summed E-state index contributed by atoms with van der Waals surface area (Å²) in [5.41, 5.74) is 0.784. The fraction of sp³-hybridized carbons (Fsp3) is 0.462. The van der Waals surface area contributed by atoms with Gasteiger partial charge in [-0.3, -0.25) is 4.79 Å². The summed E-state index contributed by atoms with van der Waals surface area (Å²) in [4.78, 5) is 12.2. The maximum Gasteiger partial charge on any atom is 0.268 e. The predicted molar refractivity (Wildman–Crippen MR) is 70.0 cm³/mol. The quantitative estimate of drug-likeness (QED) is 0.854. The summed E-state index contributed by atoms with van der Waals surface area (Å²) in [5.74, 6) is 0.0521. The molecule has 1 fully saturated rings. The van der Waals surface area contributed by atoms with E-state index in [0.717, 1.165) is 23.0 Å². The molecule has 3 nitrogen and oxygen atoms in total. The summed E-state index contributed by atoms with van der Waals surface area (Å²) in [6.07, 6.45) is 10.5. The molecule has 1 amide bonds. The second-order valence-corrected chi connectivity index (χ2v) is 5.71. The lowest BCUT2D eigenvalue weighted by molar-refractivity contribution is 0.0929. The molecule has 1 N–H and O–H groups in total. The van der Waals surface area contributed by atoms with Crippen LogP contribution in [0.4, 0.5) is 0 Å². The van der Waals surface area contributed by atoms with Crippen LogP contribution in [-0.4, -0.2) is 16.5 Å². The van der Waals surface area contributed by atoms with Gasteiger partial charge in [0, 0.05) is 22.8 Å². The van der Waals surface area contributed by atoms with Crippen molar-refractivity contribution in [3.05, 3.63) is 34.6 Å². The van der Waals surface area contributed by atoms with Gasteiger partial charge in [0.25, 0.3) is 5.91 Å². The monoisotopic (exact) mass is 294 g/mol. The third-order valence-corrected chi connectivity index (χ3v) is 3.76. The first-order chi connectivity index (χ1) is 8.24. The molecule has 0 spiro atoms. The van der Waals surface area contributed by atoms with Crippen LogP contribution in [0.1, 0.15) is 42.2 Å². The average molecular weight is 295 g/mol. The van der Waals surface area contributed by atoms with E-state index < -0.39 is 0 Å². The number of hydrogen-bond donors (Lipinski definition) is 1. The third kappa shape index (κ3) is 2.32. The van der Waals surface area contributed by atoms with Gasteiger partial charge < -0.3 is 9.88 Å². The summed E-state index contributed by atoms with van der Waals surface area (Å²) in [7, 11) is 0. The van der Waals surface area contributed by atoms with Crippen LogP contribution in [0.3, 0.4) is 0 Å². The molecule has 0 bridgehead atoms. The van der Waals surface area contributed by atoms with E-state index in [9.17, 15) is 4.79 Å². The SMILES string of the molecule is O=C(NC1CC=CC1)c1cc(Br)cn1C1CC1. The van der Waals surface area contributed by atoms with Gasteiger partial charge in [-0.25, -0.2) is 0 Å². The Morgan fingerprint density at radius 3 is 2.71 bits per heavy atom. The predicted octanol–water partition coefficient (Wildman–Crippen LogP) is 3.03. The van der Waals surface area contributed by atoms with Crippen LogP contribution in [0.15, 0.2) is 28.9 Å². The van der Waals surface area contributed by atoms with Crippen molar-refractivity contribution in [2.75, 3.05) is 0 Å². The van der Waals surface area contributed by atoms with Crippen molar-refractivity contribution in [1.82, 2.24) is 9.88 Å². The Hall–Kier alpha value is -1.03. The number of carbonyl (C=O) groups is 1. The molecule has 0 saturated heterocycles. The Labute approximate surface area is 109 Å². The first-order valence-electron chi connectivity index (χ1n) is 6.07. The summed E-state index contributed by atoms with van der Waals surface area (Å²) < 4.78 is 3.08. The molecule has 3 rings (SSSR count). The number of nitrogens with zero attached hydrogens (tertiary/aromatic N) is 1. The number of halogens is 1. The normalized spacial score (nSPS) is 19.8. The molecule has 0 aromatic carbocycles. The van der Waals surface area contributed by atoms with Crippen LogP contribution in [0.25, 0.3) is 0 Å². The summed E-state index contributed by atoms with van der Waals surface area (Å²) in [5, 5.41) is 3.09. The van der Waals surface area contributed by atoms with Crippen LogP contribution in [0.2, 0.25) is 0 Å². The van der Waals surface area contributed by atoms with Gasteiger partial charge in [-0.05, 0) is 47.7 Å². The molecular weight excluding hydrogens is 280 g/mol. The number of rotatable bonds is 3. The summed E-state index contributed by atoms with van der Waals surface area (Å²) in [6.45, 7) is 0. The van der Waals surface area contributed by atoms with E-state index in [1.54, 1.807) is 0 Å². The van der Waals surface area contributed by atoms with E-state index >= 15 is 0 Å². The highest BCUT2D eigenvalue weighted by molar-refractivity contribution is 9.10. The fourth-order valence-corrected chi connectivity index (χ4v) is 2.71. The zero-order valence-electron chi connectivity index (χ0n) is 9.53. The molecule has 4 heteroatoms. The molecule has 17 heavy (non-hydrogen) atoms. The third-order valence-electron chi connectivity index (χ3n) is 3.33. The van der Waals surface area contributed by atoms with Crippen LogP contribution >= 0.6 is 15.9 Å². The van der Waals surface area contributed by atoms with Gasteiger partial charge in [0.2, 0.25) is 0 Å². The minimum atomic E-state index is 0.0521. The van der Waals surface area contributed by atoms with Gasteiger partial charge in [-0.15, -0.1) is 0 Å². The molecule has 1 saturated carbocycles. The summed E-state index contributed by atoms with van der Waals surface area (Å²) >= 11 is 3.45. The Morgan fingerprint density at radius 1 is 1.35 bits per heavy atom. The zero-order chi connectivity index (χ0) is 11.8. The first kappa shape index (κ1) is 11.1. The molecule has 1 aromatic rings. The molecule has 1 aromatic heterocycles. The maximum absolute atomic E-state index is 12.2. The van der Waals surface area contributed by atoms with Gasteiger partial charge in [0.05, 0.1) is 0 Å². The minimum Gasteiger partial charge on any atom is -0.347 e. The molecule has 0 unspecified atom stereocenters. The molecule has 2 aliphatic rings. The highest BCUT2D eigenvalue weighted by Crippen LogP contribution is 2.37. The number of amides is 1. The Bertz CT molecular complexity index is 466. The molecule has 90 valence electrons. The second-order valence-electron chi connectivity index (χ2n) is 4.80. The topological polar surface area (TPSA) is 34.0 Å². The standard InChI is InChI=1S/C13H15BrN2O/c14-9-7-12(16(8-9)11-5-6-11)13(17)15-10-3-1-2-4-10/h1-2,7-8,10-11H,3-6H2,(H,15,17). The lowest BCUT2D eigenvalue weighted by atomic mass is 10.2.